The van der Waals surface area contributed by atoms with Crippen LogP contribution in [-0.2, 0) is 10.2 Å². The molecule has 2 rings (SSSR count). The number of aromatic nitrogens is 2. The van der Waals surface area contributed by atoms with Gasteiger partial charge < -0.3 is 9.47 Å². The molecule has 1 aromatic heterocycles. The molecule has 0 aliphatic heterocycles. The summed E-state index contributed by atoms with van der Waals surface area (Å²) < 4.78 is 34.3. The number of urea groups is 1. The van der Waals surface area contributed by atoms with Crippen molar-refractivity contribution in [3.63, 3.8) is 0 Å². The van der Waals surface area contributed by atoms with Gasteiger partial charge in [0.25, 0.3) is 0 Å². The van der Waals surface area contributed by atoms with E-state index >= 15 is 0 Å². The van der Waals surface area contributed by atoms with Crippen LogP contribution in [0.2, 0.25) is 0 Å². The number of methoxy groups -OCH3 is 2. The third-order valence-electron chi connectivity index (χ3n) is 3.06. The number of benzene rings is 1. The van der Waals surface area contributed by atoms with Crippen molar-refractivity contribution in [2.45, 2.75) is 0 Å². The predicted octanol–water partition coefficient (Wildman–Crippen LogP) is 1.28. The highest BCUT2D eigenvalue weighted by Crippen LogP contribution is 2.23. The van der Waals surface area contributed by atoms with Crippen LogP contribution in [0.15, 0.2) is 30.3 Å². The maximum atomic E-state index is 12.6. The Labute approximate surface area is 160 Å². The first-order valence-corrected chi connectivity index (χ1v) is 9.00. The normalized spacial score (nSPS) is 10.4. The average Bonchev–Trinajstić information content (AvgIpc) is 2.62. The van der Waals surface area contributed by atoms with E-state index in [0.29, 0.717) is 4.31 Å². The molecule has 1 heterocycles. The van der Waals surface area contributed by atoms with Gasteiger partial charge in [-0.15, -0.1) is 0 Å². The Morgan fingerprint density at radius 2 is 1.81 bits per heavy atom. The zero-order chi connectivity index (χ0) is 20.0. The Morgan fingerprint density at radius 1 is 1.22 bits per heavy atom. The standard InChI is InChI=1S/C15H14ClN5O5S/c1-25-12-9-13(26-2)19-14(18-12)20-15(22)21(27(17,23)24)11-6-4-3-5-10(11)7-8-16/h3-6,9H,1-2H3,(H2,17,23,24)(H,18,19,20,22). The topological polar surface area (TPSA) is 137 Å². The van der Waals surface area contributed by atoms with Gasteiger partial charge in [0.1, 0.15) is 0 Å². The second-order valence-corrected chi connectivity index (χ2v) is 6.34. The van der Waals surface area contributed by atoms with E-state index in [-0.39, 0.29) is 29.0 Å². The van der Waals surface area contributed by atoms with Crippen LogP contribution < -0.4 is 24.2 Å². The molecular formula is C15H14ClN5O5S. The summed E-state index contributed by atoms with van der Waals surface area (Å²) in [6.45, 7) is 0. The minimum Gasteiger partial charge on any atom is -0.481 e. The van der Waals surface area contributed by atoms with Gasteiger partial charge in [0.05, 0.1) is 31.5 Å². The summed E-state index contributed by atoms with van der Waals surface area (Å²) >= 11 is 5.39. The van der Waals surface area contributed by atoms with E-state index in [0.717, 1.165) is 0 Å². The number of carbonyl (C=O) groups excluding carboxylic acids is 1. The van der Waals surface area contributed by atoms with Crippen LogP contribution in [-0.4, -0.2) is 38.6 Å². The second-order valence-electron chi connectivity index (χ2n) is 4.75. The van der Waals surface area contributed by atoms with Crippen molar-refractivity contribution in [2.24, 2.45) is 5.14 Å². The first-order valence-electron chi connectivity index (χ1n) is 7.12. The van der Waals surface area contributed by atoms with E-state index in [1.165, 1.54) is 38.5 Å². The molecule has 0 spiro atoms. The van der Waals surface area contributed by atoms with E-state index in [2.05, 4.69) is 26.6 Å². The van der Waals surface area contributed by atoms with Crippen molar-refractivity contribution in [3.8, 4) is 23.1 Å². The first-order chi connectivity index (χ1) is 12.8. The maximum Gasteiger partial charge on any atom is 0.343 e. The van der Waals surface area contributed by atoms with Gasteiger partial charge in [-0.2, -0.15) is 22.7 Å². The molecule has 27 heavy (non-hydrogen) atoms. The van der Waals surface area contributed by atoms with Crippen molar-refractivity contribution < 1.29 is 22.7 Å². The van der Waals surface area contributed by atoms with Crippen LogP contribution in [0.1, 0.15) is 5.56 Å². The monoisotopic (exact) mass is 411 g/mol. The molecule has 0 atom stereocenters. The number of amides is 2. The highest BCUT2D eigenvalue weighted by molar-refractivity contribution is 7.91. The molecule has 2 aromatic rings. The van der Waals surface area contributed by atoms with E-state index < -0.39 is 16.2 Å². The number of nitrogens with zero attached hydrogens (tertiary/aromatic N) is 3. The number of carbonyl (C=O) groups is 1. The number of ether oxygens (including phenoxy) is 2. The Morgan fingerprint density at radius 3 is 2.33 bits per heavy atom. The van der Waals surface area contributed by atoms with Crippen LogP contribution in [0.25, 0.3) is 0 Å². The summed E-state index contributed by atoms with van der Waals surface area (Å²) in [6, 6.07) is 6.14. The van der Waals surface area contributed by atoms with Gasteiger partial charge in [0.15, 0.2) is 0 Å². The summed E-state index contributed by atoms with van der Waals surface area (Å²) in [5, 5.41) is 9.56. The molecule has 12 heteroatoms. The van der Waals surface area contributed by atoms with Crippen molar-refractivity contribution in [1.82, 2.24) is 9.97 Å². The lowest BCUT2D eigenvalue weighted by atomic mass is 10.2. The Bertz CT molecular complexity index is 996. The highest BCUT2D eigenvalue weighted by Gasteiger charge is 2.29. The lowest BCUT2D eigenvalue weighted by Gasteiger charge is -2.21. The second kappa shape index (κ2) is 8.54. The maximum absolute atomic E-state index is 12.6. The minimum atomic E-state index is -4.52. The molecule has 0 aliphatic carbocycles. The molecule has 2 amide bonds. The summed E-state index contributed by atoms with van der Waals surface area (Å²) in [4.78, 5) is 20.4. The zero-order valence-electron chi connectivity index (χ0n) is 14.1. The third kappa shape index (κ3) is 4.98. The van der Waals surface area contributed by atoms with Crippen molar-refractivity contribution in [1.29, 1.82) is 0 Å². The molecule has 0 fully saturated rings. The Hall–Kier alpha value is -3.07. The quantitative estimate of drug-likeness (QED) is 0.707. The first kappa shape index (κ1) is 20.2. The molecule has 0 unspecified atom stereocenters. The van der Waals surface area contributed by atoms with Crippen molar-refractivity contribution in [2.75, 3.05) is 23.8 Å². The molecular weight excluding hydrogens is 398 g/mol. The number of para-hydroxylation sites is 1. The molecule has 10 nitrogen and oxygen atoms in total. The van der Waals surface area contributed by atoms with Gasteiger partial charge in [-0.05, 0) is 29.7 Å². The smallest absolute Gasteiger partial charge is 0.343 e. The van der Waals surface area contributed by atoms with Crippen LogP contribution in [0.3, 0.4) is 0 Å². The summed E-state index contributed by atoms with van der Waals surface area (Å²) in [6.07, 6.45) is 0. The van der Waals surface area contributed by atoms with Gasteiger partial charge in [-0.3, -0.25) is 5.32 Å². The van der Waals surface area contributed by atoms with Gasteiger partial charge in [0, 0.05) is 5.38 Å². The molecule has 142 valence electrons. The van der Waals surface area contributed by atoms with Crippen LogP contribution >= 0.6 is 11.6 Å². The summed E-state index contributed by atoms with van der Waals surface area (Å²) in [5.74, 6) is 2.41. The number of rotatable bonds is 5. The van der Waals surface area contributed by atoms with Crippen LogP contribution in [0, 0.1) is 11.3 Å². The largest absolute Gasteiger partial charge is 0.481 e. The number of nitrogens with one attached hydrogen (secondary N) is 1. The molecule has 0 radical (unpaired) electrons. The molecule has 0 aliphatic rings. The number of halogens is 1. The number of hydrogen-bond acceptors (Lipinski definition) is 7. The SMILES string of the molecule is COc1cc(OC)nc(NC(=O)N(c2ccccc2C#CCl)S(N)(=O)=O)n1. The van der Waals surface area contributed by atoms with Crippen molar-refractivity contribution >= 4 is 39.5 Å². The van der Waals surface area contributed by atoms with Crippen LogP contribution in [0.5, 0.6) is 11.8 Å². The zero-order valence-corrected chi connectivity index (χ0v) is 15.7. The average molecular weight is 412 g/mol. The number of anilines is 2. The number of nitrogens with two attached hydrogens (primary N) is 1. The molecule has 0 saturated heterocycles. The summed E-state index contributed by atoms with van der Waals surface area (Å²) in [7, 11) is -1.81. The summed E-state index contributed by atoms with van der Waals surface area (Å²) in [5.41, 5.74) is 0.0707. The molecule has 0 saturated carbocycles. The predicted molar refractivity (Wildman–Crippen MR) is 98.9 cm³/mol. The van der Waals surface area contributed by atoms with E-state index in [4.69, 9.17) is 26.2 Å². The molecule has 0 bridgehead atoms. The Kier molecular flexibility index (Phi) is 6.40. The third-order valence-corrected chi connectivity index (χ3v) is 4.03. The fourth-order valence-corrected chi connectivity index (χ4v) is 2.80. The molecule has 3 N–H and O–H groups in total. The van der Waals surface area contributed by atoms with Crippen molar-refractivity contribution in [3.05, 3.63) is 35.9 Å². The Balaban J connectivity index is 2.48. The fourth-order valence-electron chi connectivity index (χ4n) is 1.98. The van der Waals surface area contributed by atoms with Gasteiger partial charge in [-0.25, -0.2) is 9.93 Å². The van der Waals surface area contributed by atoms with Gasteiger partial charge in [-0.1, -0.05) is 12.1 Å². The lowest BCUT2D eigenvalue weighted by molar-refractivity contribution is 0.259. The van der Waals surface area contributed by atoms with Crippen LogP contribution in [0.4, 0.5) is 16.4 Å². The van der Waals surface area contributed by atoms with Gasteiger partial charge in [0.2, 0.25) is 17.7 Å². The number of hydrogen-bond donors (Lipinski definition) is 2. The van der Waals surface area contributed by atoms with Gasteiger partial charge >= 0.3 is 16.2 Å². The van der Waals surface area contributed by atoms with E-state index in [9.17, 15) is 13.2 Å². The minimum absolute atomic E-state index is 0.0905. The highest BCUT2D eigenvalue weighted by atomic mass is 35.5. The fraction of sp³-hybridized carbons (Fsp3) is 0.133. The van der Waals surface area contributed by atoms with E-state index in [1.807, 2.05) is 0 Å². The molecule has 1 aromatic carbocycles. The lowest BCUT2D eigenvalue weighted by Crippen LogP contribution is -2.44. The van der Waals surface area contributed by atoms with E-state index in [1.54, 1.807) is 6.07 Å².